The second kappa shape index (κ2) is 3.87. The quantitative estimate of drug-likeness (QED) is 0.785. The standard InChI is InChI=1S/C14H22N2O3/c1-13(2,3)19-12(18)16-10-6-7-14(16,9-4-5-9)8-15-11(10)17/h9-10H,4-8H2,1-3H3,(H,15,17)/t10-,14+/m0/s1. The van der Waals surface area contributed by atoms with Crippen LogP contribution in [0.3, 0.4) is 0 Å². The molecule has 3 rings (SSSR count). The lowest BCUT2D eigenvalue weighted by Gasteiger charge is -2.44. The third-order valence-electron chi connectivity index (χ3n) is 4.44. The maximum atomic E-state index is 12.5. The monoisotopic (exact) mass is 266 g/mol. The molecule has 0 aromatic rings. The maximum Gasteiger partial charge on any atom is 0.411 e. The Morgan fingerprint density at radius 2 is 2.05 bits per heavy atom. The number of nitrogens with zero attached hydrogens (tertiary/aromatic N) is 1. The molecule has 3 fully saturated rings. The number of rotatable bonds is 1. The van der Waals surface area contributed by atoms with Crippen LogP contribution in [-0.2, 0) is 9.53 Å². The molecule has 0 spiro atoms. The fourth-order valence-electron chi connectivity index (χ4n) is 3.51. The van der Waals surface area contributed by atoms with Crippen molar-refractivity contribution in [3.8, 4) is 0 Å². The minimum atomic E-state index is -0.519. The summed E-state index contributed by atoms with van der Waals surface area (Å²) in [5.74, 6) is 0.505. The molecule has 19 heavy (non-hydrogen) atoms. The van der Waals surface area contributed by atoms with Gasteiger partial charge in [-0.3, -0.25) is 9.69 Å². The van der Waals surface area contributed by atoms with Gasteiger partial charge in [0.1, 0.15) is 11.6 Å². The van der Waals surface area contributed by atoms with E-state index in [0.29, 0.717) is 12.5 Å². The zero-order valence-electron chi connectivity index (χ0n) is 11.9. The molecule has 2 aliphatic heterocycles. The molecular formula is C14H22N2O3. The number of fused-ring (bicyclic) bond motifs is 2. The molecule has 2 atom stereocenters. The lowest BCUT2D eigenvalue weighted by atomic mass is 9.90. The topological polar surface area (TPSA) is 58.6 Å². The van der Waals surface area contributed by atoms with Gasteiger partial charge in [-0.1, -0.05) is 0 Å². The van der Waals surface area contributed by atoms with E-state index in [1.54, 1.807) is 4.90 Å². The SMILES string of the molecule is CC(C)(C)OC(=O)N1[C@H]2CC[C@]1(C1CC1)CNC2=O. The summed E-state index contributed by atoms with van der Waals surface area (Å²) in [6.45, 7) is 6.17. The predicted molar refractivity (Wildman–Crippen MR) is 69.6 cm³/mol. The van der Waals surface area contributed by atoms with Crippen molar-refractivity contribution in [3.63, 3.8) is 0 Å². The minimum absolute atomic E-state index is 0.0281. The first-order chi connectivity index (χ1) is 8.83. The zero-order chi connectivity index (χ0) is 13.8. The van der Waals surface area contributed by atoms with Crippen LogP contribution in [0.5, 0.6) is 0 Å². The average molecular weight is 266 g/mol. The number of amides is 2. The van der Waals surface area contributed by atoms with E-state index in [-0.39, 0.29) is 23.6 Å². The van der Waals surface area contributed by atoms with Crippen LogP contribution in [0.25, 0.3) is 0 Å². The minimum Gasteiger partial charge on any atom is -0.444 e. The Morgan fingerprint density at radius 1 is 1.37 bits per heavy atom. The van der Waals surface area contributed by atoms with Crippen molar-refractivity contribution in [1.82, 2.24) is 10.2 Å². The fraction of sp³-hybridized carbons (Fsp3) is 0.857. The molecule has 1 N–H and O–H groups in total. The van der Waals surface area contributed by atoms with Crippen LogP contribution in [0.4, 0.5) is 4.79 Å². The van der Waals surface area contributed by atoms with Crippen molar-refractivity contribution >= 4 is 12.0 Å². The molecule has 0 aromatic heterocycles. The lowest BCUT2D eigenvalue weighted by molar-refractivity contribution is -0.131. The van der Waals surface area contributed by atoms with E-state index in [1.165, 1.54) is 0 Å². The Kier molecular flexibility index (Phi) is 2.60. The smallest absolute Gasteiger partial charge is 0.411 e. The van der Waals surface area contributed by atoms with Gasteiger partial charge < -0.3 is 10.1 Å². The van der Waals surface area contributed by atoms with Crippen LogP contribution < -0.4 is 5.32 Å². The number of ether oxygens (including phenoxy) is 1. The van der Waals surface area contributed by atoms with Gasteiger partial charge in [-0.25, -0.2) is 4.79 Å². The van der Waals surface area contributed by atoms with Crippen LogP contribution >= 0.6 is 0 Å². The second-order valence-electron chi connectivity index (χ2n) is 7.00. The summed E-state index contributed by atoms with van der Waals surface area (Å²) >= 11 is 0. The van der Waals surface area contributed by atoms with E-state index < -0.39 is 5.60 Å². The van der Waals surface area contributed by atoms with Crippen LogP contribution in [0.1, 0.15) is 46.5 Å². The zero-order valence-corrected chi connectivity index (χ0v) is 11.9. The van der Waals surface area contributed by atoms with Crippen LogP contribution in [0, 0.1) is 5.92 Å². The molecule has 2 saturated heterocycles. The molecule has 1 aliphatic carbocycles. The summed E-state index contributed by atoms with van der Waals surface area (Å²) in [6.07, 6.45) is 3.67. The normalized spacial score (nSPS) is 34.2. The molecule has 0 radical (unpaired) electrons. The highest BCUT2D eigenvalue weighted by Gasteiger charge is 2.61. The predicted octanol–water partition coefficient (Wildman–Crippen LogP) is 1.66. The van der Waals surface area contributed by atoms with E-state index in [2.05, 4.69) is 5.32 Å². The molecular weight excluding hydrogens is 244 g/mol. The number of piperazine rings is 1. The third kappa shape index (κ3) is 1.99. The van der Waals surface area contributed by atoms with Gasteiger partial charge in [0.05, 0.1) is 5.54 Å². The summed E-state index contributed by atoms with van der Waals surface area (Å²) < 4.78 is 5.52. The summed E-state index contributed by atoms with van der Waals surface area (Å²) in [6, 6.07) is -0.329. The van der Waals surface area contributed by atoms with Gasteiger partial charge in [0, 0.05) is 6.54 Å². The van der Waals surface area contributed by atoms with Gasteiger partial charge in [0.2, 0.25) is 5.91 Å². The van der Waals surface area contributed by atoms with Crippen LogP contribution in [0.2, 0.25) is 0 Å². The van der Waals surface area contributed by atoms with Gasteiger partial charge in [0.15, 0.2) is 0 Å². The van der Waals surface area contributed by atoms with E-state index in [1.807, 2.05) is 20.8 Å². The lowest BCUT2D eigenvalue weighted by Crippen LogP contribution is -2.66. The Balaban J connectivity index is 1.88. The first-order valence-corrected chi connectivity index (χ1v) is 7.13. The fourth-order valence-corrected chi connectivity index (χ4v) is 3.51. The molecule has 5 heteroatoms. The van der Waals surface area contributed by atoms with E-state index >= 15 is 0 Å². The van der Waals surface area contributed by atoms with Gasteiger partial charge in [-0.15, -0.1) is 0 Å². The summed E-state index contributed by atoms with van der Waals surface area (Å²) in [4.78, 5) is 26.2. The van der Waals surface area contributed by atoms with Gasteiger partial charge >= 0.3 is 6.09 Å². The first kappa shape index (κ1) is 12.8. The van der Waals surface area contributed by atoms with E-state index in [9.17, 15) is 9.59 Å². The third-order valence-corrected chi connectivity index (χ3v) is 4.44. The van der Waals surface area contributed by atoms with Gasteiger partial charge in [-0.05, 0) is 52.4 Å². The average Bonchev–Trinajstić information content (AvgIpc) is 3.07. The number of nitrogens with one attached hydrogen (secondary N) is 1. The molecule has 0 aromatic carbocycles. The molecule has 3 aliphatic rings. The summed E-state index contributed by atoms with van der Waals surface area (Å²) in [7, 11) is 0. The van der Waals surface area contributed by atoms with E-state index in [0.717, 1.165) is 25.7 Å². The van der Waals surface area contributed by atoms with Crippen molar-refractivity contribution in [1.29, 1.82) is 0 Å². The summed E-state index contributed by atoms with van der Waals surface area (Å²) in [5, 5.41) is 2.97. The number of hydrogen-bond acceptors (Lipinski definition) is 3. The van der Waals surface area contributed by atoms with Crippen molar-refractivity contribution in [2.45, 2.75) is 63.6 Å². The molecule has 0 unspecified atom stereocenters. The second-order valence-corrected chi connectivity index (χ2v) is 7.00. The van der Waals surface area contributed by atoms with Crippen molar-refractivity contribution < 1.29 is 14.3 Å². The number of carbonyl (C=O) groups is 2. The Hall–Kier alpha value is -1.26. The highest BCUT2D eigenvalue weighted by atomic mass is 16.6. The van der Waals surface area contributed by atoms with Crippen LogP contribution in [-0.4, -0.2) is 40.6 Å². The van der Waals surface area contributed by atoms with E-state index in [4.69, 9.17) is 4.74 Å². The largest absolute Gasteiger partial charge is 0.444 e. The number of hydrogen-bond donors (Lipinski definition) is 1. The molecule has 5 nitrogen and oxygen atoms in total. The molecule has 2 bridgehead atoms. The summed E-state index contributed by atoms with van der Waals surface area (Å²) in [5.41, 5.74) is -0.698. The highest BCUT2D eigenvalue weighted by molar-refractivity contribution is 5.88. The van der Waals surface area contributed by atoms with Crippen LogP contribution in [0.15, 0.2) is 0 Å². The van der Waals surface area contributed by atoms with Gasteiger partial charge in [0.25, 0.3) is 0 Å². The maximum absolute atomic E-state index is 12.5. The highest BCUT2D eigenvalue weighted by Crippen LogP contribution is 2.51. The first-order valence-electron chi connectivity index (χ1n) is 7.13. The van der Waals surface area contributed by atoms with Crippen molar-refractivity contribution in [2.24, 2.45) is 5.92 Å². The van der Waals surface area contributed by atoms with Gasteiger partial charge in [-0.2, -0.15) is 0 Å². The molecule has 1 saturated carbocycles. The Labute approximate surface area is 113 Å². The Morgan fingerprint density at radius 3 is 2.63 bits per heavy atom. The Bertz CT molecular complexity index is 425. The number of carbonyl (C=O) groups excluding carboxylic acids is 2. The molecule has 2 heterocycles. The van der Waals surface area contributed by atoms with Crippen molar-refractivity contribution in [2.75, 3.05) is 6.54 Å². The molecule has 2 amide bonds. The molecule has 106 valence electrons. The van der Waals surface area contributed by atoms with Crippen molar-refractivity contribution in [3.05, 3.63) is 0 Å².